The summed E-state index contributed by atoms with van der Waals surface area (Å²) in [5.41, 5.74) is 7.03. The molecule has 1 aliphatic carbocycles. The normalized spacial score (nSPS) is 17.2. The zero-order chi connectivity index (χ0) is 13.5. The van der Waals surface area contributed by atoms with Gasteiger partial charge in [-0.2, -0.15) is 0 Å². The Labute approximate surface area is 115 Å². The molecule has 0 amide bonds. The Balaban J connectivity index is 1.86. The molecule has 1 aromatic carbocycles. The number of nitrogens with zero attached hydrogens (tertiary/aromatic N) is 1. The molecule has 0 radical (unpaired) electrons. The first kappa shape index (κ1) is 13.7. The Morgan fingerprint density at radius 3 is 2.89 bits per heavy atom. The standard InChI is InChI=1S/C15H23N3O/c1-19-14-9-5-6-12(10-14)11-17-15(16)18-13-7-3-2-4-8-13/h5-6,9-10,13H,2-4,7-8,11H2,1H3,(H3,16,17,18). The number of ether oxygens (including phenoxy) is 1. The third kappa shape index (κ3) is 4.47. The van der Waals surface area contributed by atoms with Crippen molar-refractivity contribution in [3.8, 4) is 5.75 Å². The lowest BCUT2D eigenvalue weighted by atomic mass is 9.96. The van der Waals surface area contributed by atoms with Gasteiger partial charge in [0.2, 0.25) is 0 Å². The summed E-state index contributed by atoms with van der Waals surface area (Å²) in [6.45, 7) is 0.586. The highest BCUT2D eigenvalue weighted by molar-refractivity contribution is 5.78. The molecular formula is C15H23N3O. The molecule has 1 aromatic rings. The van der Waals surface area contributed by atoms with Gasteiger partial charge in [0.15, 0.2) is 5.96 Å². The lowest BCUT2D eigenvalue weighted by Crippen LogP contribution is -2.41. The highest BCUT2D eigenvalue weighted by Gasteiger charge is 2.13. The first-order valence-corrected chi connectivity index (χ1v) is 6.97. The predicted octanol–water partition coefficient (Wildman–Crippen LogP) is 2.43. The van der Waals surface area contributed by atoms with Crippen molar-refractivity contribution in [3.63, 3.8) is 0 Å². The molecular weight excluding hydrogens is 238 g/mol. The molecule has 104 valence electrons. The van der Waals surface area contributed by atoms with Crippen molar-refractivity contribution in [2.75, 3.05) is 7.11 Å². The van der Waals surface area contributed by atoms with Crippen LogP contribution in [0.1, 0.15) is 37.7 Å². The minimum Gasteiger partial charge on any atom is -0.497 e. The van der Waals surface area contributed by atoms with Gasteiger partial charge in [-0.15, -0.1) is 0 Å². The summed E-state index contributed by atoms with van der Waals surface area (Å²) in [7, 11) is 1.67. The van der Waals surface area contributed by atoms with Crippen LogP contribution in [0.2, 0.25) is 0 Å². The average Bonchev–Trinajstić information content (AvgIpc) is 2.46. The van der Waals surface area contributed by atoms with E-state index < -0.39 is 0 Å². The van der Waals surface area contributed by atoms with Gasteiger partial charge in [-0.3, -0.25) is 0 Å². The highest BCUT2D eigenvalue weighted by atomic mass is 16.5. The molecule has 2 rings (SSSR count). The van der Waals surface area contributed by atoms with Gasteiger partial charge in [0.05, 0.1) is 13.7 Å². The summed E-state index contributed by atoms with van der Waals surface area (Å²) >= 11 is 0. The molecule has 0 unspecified atom stereocenters. The summed E-state index contributed by atoms with van der Waals surface area (Å²) in [4.78, 5) is 4.39. The van der Waals surface area contributed by atoms with Crippen molar-refractivity contribution in [3.05, 3.63) is 29.8 Å². The van der Waals surface area contributed by atoms with Crippen LogP contribution in [0.5, 0.6) is 5.75 Å². The fourth-order valence-electron chi connectivity index (χ4n) is 2.45. The monoisotopic (exact) mass is 261 g/mol. The van der Waals surface area contributed by atoms with Crippen LogP contribution in [0.4, 0.5) is 0 Å². The van der Waals surface area contributed by atoms with Crippen molar-refractivity contribution >= 4 is 5.96 Å². The molecule has 1 saturated carbocycles. The Hall–Kier alpha value is -1.71. The maximum absolute atomic E-state index is 5.93. The topological polar surface area (TPSA) is 59.6 Å². The van der Waals surface area contributed by atoms with Gasteiger partial charge in [0.25, 0.3) is 0 Å². The number of nitrogens with one attached hydrogen (secondary N) is 1. The molecule has 4 nitrogen and oxygen atoms in total. The Bertz CT molecular complexity index is 425. The van der Waals surface area contributed by atoms with Crippen molar-refractivity contribution in [1.82, 2.24) is 5.32 Å². The second-order valence-corrected chi connectivity index (χ2v) is 5.03. The van der Waals surface area contributed by atoms with Crippen LogP contribution in [0, 0.1) is 0 Å². The van der Waals surface area contributed by atoms with Crippen molar-refractivity contribution < 1.29 is 4.74 Å². The molecule has 0 heterocycles. The van der Waals surface area contributed by atoms with E-state index in [0.29, 0.717) is 18.5 Å². The van der Waals surface area contributed by atoms with Crippen molar-refractivity contribution in [1.29, 1.82) is 0 Å². The molecule has 3 N–H and O–H groups in total. The fourth-order valence-corrected chi connectivity index (χ4v) is 2.45. The van der Waals surface area contributed by atoms with Crippen LogP contribution in [-0.2, 0) is 6.54 Å². The number of hydrogen-bond acceptors (Lipinski definition) is 2. The smallest absolute Gasteiger partial charge is 0.189 e. The molecule has 0 atom stereocenters. The molecule has 0 saturated heterocycles. The third-order valence-electron chi connectivity index (χ3n) is 3.52. The van der Waals surface area contributed by atoms with E-state index in [1.165, 1.54) is 32.1 Å². The first-order chi connectivity index (χ1) is 9.28. The largest absolute Gasteiger partial charge is 0.497 e. The summed E-state index contributed by atoms with van der Waals surface area (Å²) < 4.78 is 5.19. The molecule has 0 aromatic heterocycles. The molecule has 0 spiro atoms. The lowest BCUT2D eigenvalue weighted by Gasteiger charge is -2.23. The average molecular weight is 261 g/mol. The van der Waals surface area contributed by atoms with E-state index in [1.807, 2.05) is 24.3 Å². The van der Waals surface area contributed by atoms with Crippen LogP contribution in [0.3, 0.4) is 0 Å². The van der Waals surface area contributed by atoms with E-state index in [0.717, 1.165) is 11.3 Å². The van der Waals surface area contributed by atoms with Gasteiger partial charge in [-0.1, -0.05) is 31.4 Å². The molecule has 0 bridgehead atoms. The Kier molecular flexibility index (Phi) is 5.07. The van der Waals surface area contributed by atoms with Crippen molar-refractivity contribution in [2.24, 2.45) is 10.7 Å². The predicted molar refractivity (Wildman–Crippen MR) is 78.3 cm³/mol. The molecule has 1 fully saturated rings. The molecule has 4 heteroatoms. The van der Waals surface area contributed by atoms with Crippen LogP contribution in [-0.4, -0.2) is 19.1 Å². The second kappa shape index (κ2) is 7.02. The summed E-state index contributed by atoms with van der Waals surface area (Å²) in [6, 6.07) is 8.41. The number of nitrogens with two attached hydrogens (primary N) is 1. The van der Waals surface area contributed by atoms with Gasteiger partial charge in [-0.25, -0.2) is 4.99 Å². The quantitative estimate of drug-likeness (QED) is 0.646. The summed E-state index contributed by atoms with van der Waals surface area (Å²) in [5, 5.41) is 3.31. The number of methoxy groups -OCH3 is 1. The van der Waals surface area contributed by atoms with E-state index in [4.69, 9.17) is 10.5 Å². The number of guanidine groups is 1. The number of rotatable bonds is 4. The van der Waals surface area contributed by atoms with Crippen LogP contribution >= 0.6 is 0 Å². The second-order valence-electron chi connectivity index (χ2n) is 5.03. The van der Waals surface area contributed by atoms with Crippen molar-refractivity contribution in [2.45, 2.75) is 44.7 Å². The van der Waals surface area contributed by atoms with E-state index in [-0.39, 0.29) is 0 Å². The van der Waals surface area contributed by atoms with Gasteiger partial charge in [0, 0.05) is 6.04 Å². The maximum Gasteiger partial charge on any atom is 0.189 e. The number of hydrogen-bond donors (Lipinski definition) is 2. The van der Waals surface area contributed by atoms with E-state index in [2.05, 4.69) is 10.3 Å². The van der Waals surface area contributed by atoms with Crippen LogP contribution < -0.4 is 15.8 Å². The number of aliphatic imine (C=N–C) groups is 1. The van der Waals surface area contributed by atoms with E-state index >= 15 is 0 Å². The van der Waals surface area contributed by atoms with Crippen LogP contribution in [0.25, 0.3) is 0 Å². The molecule has 0 aliphatic heterocycles. The highest BCUT2D eigenvalue weighted by Crippen LogP contribution is 2.17. The van der Waals surface area contributed by atoms with E-state index in [1.54, 1.807) is 7.11 Å². The fraction of sp³-hybridized carbons (Fsp3) is 0.533. The Morgan fingerprint density at radius 2 is 2.16 bits per heavy atom. The van der Waals surface area contributed by atoms with E-state index in [9.17, 15) is 0 Å². The zero-order valence-electron chi connectivity index (χ0n) is 11.6. The maximum atomic E-state index is 5.93. The van der Waals surface area contributed by atoms with Gasteiger partial charge in [-0.05, 0) is 30.5 Å². The summed E-state index contributed by atoms with van der Waals surface area (Å²) in [5.74, 6) is 1.40. The minimum atomic E-state index is 0.503. The first-order valence-electron chi connectivity index (χ1n) is 6.97. The van der Waals surface area contributed by atoms with Crippen LogP contribution in [0.15, 0.2) is 29.3 Å². The van der Waals surface area contributed by atoms with Gasteiger partial charge >= 0.3 is 0 Å². The number of benzene rings is 1. The zero-order valence-corrected chi connectivity index (χ0v) is 11.6. The minimum absolute atomic E-state index is 0.503. The Morgan fingerprint density at radius 1 is 1.37 bits per heavy atom. The molecule has 1 aliphatic rings. The SMILES string of the molecule is COc1cccc(CN=C(N)NC2CCCCC2)c1. The third-order valence-corrected chi connectivity index (χ3v) is 3.52. The molecule has 19 heavy (non-hydrogen) atoms. The lowest BCUT2D eigenvalue weighted by molar-refractivity contribution is 0.412. The van der Waals surface area contributed by atoms with Gasteiger partial charge < -0.3 is 15.8 Å². The summed E-state index contributed by atoms with van der Waals surface area (Å²) in [6.07, 6.45) is 6.34. The van der Waals surface area contributed by atoms with Gasteiger partial charge in [0.1, 0.15) is 5.75 Å².